The number of aromatic nitrogens is 1. The Hall–Kier alpha value is -1.04. The molecule has 1 aromatic heterocycles. The van der Waals surface area contributed by atoms with Gasteiger partial charge in [-0.2, -0.15) is 13.2 Å². The third-order valence-corrected chi connectivity index (χ3v) is 2.08. The minimum Gasteiger partial charge on any atom is -0.361 e. The SMILES string of the molecule is CNCCC(c1cc(C)on1)C(F)(F)F. The van der Waals surface area contributed by atoms with Crippen LogP contribution in [0.1, 0.15) is 23.8 Å². The summed E-state index contributed by atoms with van der Waals surface area (Å²) in [6.07, 6.45) is -4.31. The summed E-state index contributed by atoms with van der Waals surface area (Å²) in [6, 6.07) is 1.33. The third-order valence-electron chi connectivity index (χ3n) is 2.08. The minimum atomic E-state index is -4.28. The zero-order valence-corrected chi connectivity index (χ0v) is 8.56. The fourth-order valence-corrected chi connectivity index (χ4v) is 1.32. The maximum absolute atomic E-state index is 12.6. The molecule has 1 aromatic rings. The molecule has 0 aliphatic carbocycles. The standard InChI is InChI=1S/C9H13F3N2O/c1-6-5-8(14-15-6)7(3-4-13-2)9(10,11)12/h5,7,13H,3-4H2,1-2H3. The molecule has 6 heteroatoms. The minimum absolute atomic E-state index is 0.0357. The highest BCUT2D eigenvalue weighted by Crippen LogP contribution is 2.36. The van der Waals surface area contributed by atoms with Gasteiger partial charge in [0.2, 0.25) is 0 Å². The monoisotopic (exact) mass is 222 g/mol. The van der Waals surface area contributed by atoms with Gasteiger partial charge in [0.05, 0.1) is 5.69 Å². The van der Waals surface area contributed by atoms with Crippen molar-refractivity contribution < 1.29 is 17.7 Å². The van der Waals surface area contributed by atoms with Gasteiger partial charge >= 0.3 is 6.18 Å². The van der Waals surface area contributed by atoms with Crippen LogP contribution in [0.5, 0.6) is 0 Å². The van der Waals surface area contributed by atoms with Gasteiger partial charge in [-0.3, -0.25) is 0 Å². The molecule has 0 radical (unpaired) electrons. The van der Waals surface area contributed by atoms with E-state index >= 15 is 0 Å². The number of hydrogen-bond donors (Lipinski definition) is 1. The second-order valence-electron chi connectivity index (χ2n) is 3.35. The summed E-state index contributed by atoms with van der Waals surface area (Å²) in [7, 11) is 1.61. The molecular weight excluding hydrogens is 209 g/mol. The zero-order valence-electron chi connectivity index (χ0n) is 8.56. The van der Waals surface area contributed by atoms with Crippen LogP contribution in [0.25, 0.3) is 0 Å². The van der Waals surface area contributed by atoms with E-state index in [1.165, 1.54) is 6.07 Å². The topological polar surface area (TPSA) is 38.1 Å². The van der Waals surface area contributed by atoms with Crippen LogP contribution in [-0.4, -0.2) is 24.9 Å². The van der Waals surface area contributed by atoms with Gasteiger partial charge in [0.25, 0.3) is 0 Å². The highest BCUT2D eigenvalue weighted by atomic mass is 19.4. The van der Waals surface area contributed by atoms with E-state index in [2.05, 4.69) is 15.0 Å². The molecule has 15 heavy (non-hydrogen) atoms. The van der Waals surface area contributed by atoms with E-state index in [-0.39, 0.29) is 18.7 Å². The van der Waals surface area contributed by atoms with Gasteiger partial charge in [-0.15, -0.1) is 0 Å². The first-order chi connectivity index (χ1) is 6.95. The summed E-state index contributed by atoms with van der Waals surface area (Å²) in [5.41, 5.74) is -0.0461. The summed E-state index contributed by atoms with van der Waals surface area (Å²) in [4.78, 5) is 0. The molecule has 1 rings (SSSR count). The summed E-state index contributed by atoms with van der Waals surface area (Å²) in [6.45, 7) is 1.86. The lowest BCUT2D eigenvalue weighted by atomic mass is 10.0. The molecule has 1 unspecified atom stereocenters. The largest absolute Gasteiger partial charge is 0.397 e. The fourth-order valence-electron chi connectivity index (χ4n) is 1.32. The molecule has 0 aliphatic heterocycles. The molecule has 0 aliphatic rings. The van der Waals surface area contributed by atoms with Crippen LogP contribution in [0.4, 0.5) is 13.2 Å². The Morgan fingerprint density at radius 1 is 1.53 bits per heavy atom. The third kappa shape index (κ3) is 3.23. The second kappa shape index (κ2) is 4.65. The number of nitrogens with one attached hydrogen (secondary N) is 1. The maximum Gasteiger partial charge on any atom is 0.397 e. The van der Waals surface area contributed by atoms with Crippen LogP contribution in [0.3, 0.4) is 0 Å². The number of hydrogen-bond acceptors (Lipinski definition) is 3. The molecule has 1 N–H and O–H groups in total. The van der Waals surface area contributed by atoms with Crippen LogP contribution >= 0.6 is 0 Å². The molecule has 1 heterocycles. The van der Waals surface area contributed by atoms with E-state index in [0.717, 1.165) is 0 Å². The Morgan fingerprint density at radius 2 is 2.20 bits per heavy atom. The van der Waals surface area contributed by atoms with Crippen molar-refractivity contribution in [3.8, 4) is 0 Å². The fraction of sp³-hybridized carbons (Fsp3) is 0.667. The van der Waals surface area contributed by atoms with Gasteiger partial charge in [0.1, 0.15) is 11.7 Å². The van der Waals surface area contributed by atoms with Gasteiger partial charge in [-0.25, -0.2) is 0 Å². The second-order valence-corrected chi connectivity index (χ2v) is 3.35. The van der Waals surface area contributed by atoms with Gasteiger partial charge in [-0.05, 0) is 26.9 Å². The molecule has 3 nitrogen and oxygen atoms in total. The smallest absolute Gasteiger partial charge is 0.361 e. The quantitative estimate of drug-likeness (QED) is 0.849. The van der Waals surface area contributed by atoms with E-state index in [0.29, 0.717) is 5.76 Å². The van der Waals surface area contributed by atoms with Crippen molar-refractivity contribution in [1.82, 2.24) is 10.5 Å². The molecule has 0 aromatic carbocycles. The molecule has 0 fully saturated rings. The van der Waals surface area contributed by atoms with E-state index < -0.39 is 12.1 Å². The Kier molecular flexibility index (Phi) is 3.73. The van der Waals surface area contributed by atoms with Crippen LogP contribution < -0.4 is 5.32 Å². The lowest BCUT2D eigenvalue weighted by Gasteiger charge is -2.17. The molecule has 0 spiro atoms. The normalized spacial score (nSPS) is 14.2. The molecule has 0 bridgehead atoms. The predicted octanol–water partition coefficient (Wildman–Crippen LogP) is 2.24. The Balaban J connectivity index is 2.81. The van der Waals surface area contributed by atoms with Gasteiger partial charge in [-0.1, -0.05) is 5.16 Å². The maximum atomic E-state index is 12.6. The van der Waals surface area contributed by atoms with Crippen LogP contribution in [0, 0.1) is 6.92 Å². The van der Waals surface area contributed by atoms with Gasteiger partial charge < -0.3 is 9.84 Å². The number of halogens is 3. The van der Waals surface area contributed by atoms with Gasteiger partial charge in [0.15, 0.2) is 0 Å². The average Bonchev–Trinajstić information content (AvgIpc) is 2.50. The Morgan fingerprint density at radius 3 is 2.60 bits per heavy atom. The van der Waals surface area contributed by atoms with E-state index in [9.17, 15) is 13.2 Å². The summed E-state index contributed by atoms with van der Waals surface area (Å²) >= 11 is 0. The number of alkyl halides is 3. The van der Waals surface area contributed by atoms with Crippen molar-refractivity contribution in [2.75, 3.05) is 13.6 Å². The molecule has 86 valence electrons. The Bertz CT molecular complexity index is 309. The van der Waals surface area contributed by atoms with Crippen molar-refractivity contribution in [2.24, 2.45) is 0 Å². The summed E-state index contributed by atoms with van der Waals surface area (Å²) < 4.78 is 42.5. The number of aryl methyl sites for hydroxylation is 1. The van der Waals surface area contributed by atoms with Crippen molar-refractivity contribution in [3.63, 3.8) is 0 Å². The highest BCUT2D eigenvalue weighted by molar-refractivity contribution is 5.11. The van der Waals surface area contributed by atoms with E-state index in [1.807, 2.05) is 0 Å². The van der Waals surface area contributed by atoms with Crippen molar-refractivity contribution in [1.29, 1.82) is 0 Å². The first kappa shape index (κ1) is 12.0. The van der Waals surface area contributed by atoms with Gasteiger partial charge in [0, 0.05) is 6.07 Å². The lowest BCUT2D eigenvalue weighted by Crippen LogP contribution is -2.24. The highest BCUT2D eigenvalue weighted by Gasteiger charge is 2.41. The van der Waals surface area contributed by atoms with E-state index in [4.69, 9.17) is 0 Å². The van der Waals surface area contributed by atoms with E-state index in [1.54, 1.807) is 14.0 Å². The summed E-state index contributed by atoms with van der Waals surface area (Å²) in [5, 5.41) is 6.10. The molecule has 0 saturated heterocycles. The van der Waals surface area contributed by atoms with Crippen molar-refractivity contribution >= 4 is 0 Å². The van der Waals surface area contributed by atoms with Crippen LogP contribution in [0.2, 0.25) is 0 Å². The van der Waals surface area contributed by atoms with Crippen LogP contribution in [0.15, 0.2) is 10.6 Å². The molecule has 0 saturated carbocycles. The van der Waals surface area contributed by atoms with Crippen molar-refractivity contribution in [3.05, 3.63) is 17.5 Å². The van der Waals surface area contributed by atoms with Crippen molar-refractivity contribution in [2.45, 2.75) is 25.4 Å². The number of nitrogens with zero attached hydrogens (tertiary/aromatic N) is 1. The zero-order chi connectivity index (χ0) is 11.5. The first-order valence-corrected chi connectivity index (χ1v) is 4.59. The molecule has 0 amide bonds. The summed E-state index contributed by atoms with van der Waals surface area (Å²) in [5.74, 6) is -1.16. The lowest BCUT2D eigenvalue weighted by molar-refractivity contribution is -0.152. The number of rotatable bonds is 4. The molecule has 1 atom stereocenters. The van der Waals surface area contributed by atoms with Crippen LogP contribution in [-0.2, 0) is 0 Å². The first-order valence-electron chi connectivity index (χ1n) is 4.59. The Labute approximate surface area is 85.6 Å². The molecular formula is C9H13F3N2O. The average molecular weight is 222 g/mol. The predicted molar refractivity (Wildman–Crippen MR) is 48.6 cm³/mol.